The molecule has 3 aromatic heterocycles. The number of pyridine rings is 2. The molecule has 5 rings (SSSR count). The zero-order valence-corrected chi connectivity index (χ0v) is 21.6. The summed E-state index contributed by atoms with van der Waals surface area (Å²) in [5.74, 6) is -0.659. The van der Waals surface area contributed by atoms with Gasteiger partial charge in [-0.05, 0) is 43.9 Å². The van der Waals surface area contributed by atoms with Gasteiger partial charge in [0.05, 0.1) is 25.3 Å². The molecule has 3 aromatic rings. The number of fused-ring (bicyclic) bond motifs is 1. The lowest BCUT2D eigenvalue weighted by atomic mass is 9.81. The van der Waals surface area contributed by atoms with Crippen molar-refractivity contribution in [2.75, 3.05) is 44.0 Å². The van der Waals surface area contributed by atoms with Crippen LogP contribution in [-0.2, 0) is 14.3 Å². The largest absolute Gasteiger partial charge is 0.481 e. The SMILES string of the molecule is COc1ccc2oc(C(=O)Nc3ccc(Cl)cn3)c(NC(=O)C3CCC(C(=O)N4CCOCC4)CC3)c2n1. The first kappa shape index (κ1) is 25.9. The predicted molar refractivity (Wildman–Crippen MR) is 139 cm³/mol. The van der Waals surface area contributed by atoms with Crippen LogP contribution < -0.4 is 15.4 Å². The molecule has 2 N–H and O–H groups in total. The first-order valence-electron chi connectivity index (χ1n) is 12.5. The Hall–Kier alpha value is -3.70. The van der Waals surface area contributed by atoms with E-state index in [2.05, 4.69) is 20.6 Å². The van der Waals surface area contributed by atoms with Crippen molar-refractivity contribution < 1.29 is 28.3 Å². The third kappa shape index (κ3) is 5.58. The van der Waals surface area contributed by atoms with E-state index in [-0.39, 0.29) is 40.9 Å². The molecule has 1 saturated carbocycles. The van der Waals surface area contributed by atoms with E-state index >= 15 is 0 Å². The third-order valence-corrected chi connectivity index (χ3v) is 7.13. The number of morpholine rings is 1. The highest BCUT2D eigenvalue weighted by atomic mass is 35.5. The van der Waals surface area contributed by atoms with E-state index in [4.69, 9.17) is 25.5 Å². The summed E-state index contributed by atoms with van der Waals surface area (Å²) in [4.78, 5) is 49.6. The number of carbonyl (C=O) groups excluding carboxylic acids is 3. The molecule has 38 heavy (non-hydrogen) atoms. The summed E-state index contributed by atoms with van der Waals surface area (Å²) in [6.07, 6.45) is 3.79. The number of ether oxygens (including phenoxy) is 2. The molecule has 0 radical (unpaired) electrons. The van der Waals surface area contributed by atoms with Crippen LogP contribution in [0.3, 0.4) is 0 Å². The Morgan fingerprint density at radius 1 is 1.03 bits per heavy atom. The van der Waals surface area contributed by atoms with Gasteiger partial charge in [-0.25, -0.2) is 9.97 Å². The number of methoxy groups -OCH3 is 1. The van der Waals surface area contributed by atoms with E-state index < -0.39 is 5.91 Å². The van der Waals surface area contributed by atoms with Gasteiger partial charge in [0.2, 0.25) is 23.5 Å². The zero-order valence-electron chi connectivity index (χ0n) is 20.9. The second-order valence-corrected chi connectivity index (χ2v) is 9.73. The van der Waals surface area contributed by atoms with Crippen molar-refractivity contribution >= 4 is 51.9 Å². The molecule has 2 fully saturated rings. The number of carbonyl (C=O) groups is 3. The van der Waals surface area contributed by atoms with E-state index in [1.54, 1.807) is 24.3 Å². The van der Waals surface area contributed by atoms with Crippen molar-refractivity contribution in [2.45, 2.75) is 25.7 Å². The molecule has 0 aromatic carbocycles. The van der Waals surface area contributed by atoms with Crippen molar-refractivity contribution in [3.8, 4) is 5.88 Å². The van der Waals surface area contributed by atoms with Gasteiger partial charge in [0.25, 0.3) is 5.91 Å². The number of nitrogens with zero attached hydrogens (tertiary/aromatic N) is 3. The molecule has 12 heteroatoms. The fraction of sp³-hybridized carbons (Fsp3) is 0.423. The molecule has 0 unspecified atom stereocenters. The Labute approximate surface area is 223 Å². The average Bonchev–Trinajstić information content (AvgIpc) is 3.31. The standard InChI is InChI=1S/C26H28ClN5O6/c1-36-20-9-7-18-21(30-20)22(23(38-18)25(34)29-19-8-6-17(27)14-28-19)31-24(33)15-2-4-16(5-3-15)26(35)32-10-12-37-13-11-32/h6-9,14-16H,2-5,10-13H2,1H3,(H,31,33)(H,28,29,34). The maximum atomic E-state index is 13.3. The number of hydrogen-bond acceptors (Lipinski definition) is 8. The third-order valence-electron chi connectivity index (χ3n) is 6.91. The minimum absolute atomic E-state index is 0.0916. The lowest BCUT2D eigenvalue weighted by molar-refractivity contribution is -0.141. The van der Waals surface area contributed by atoms with Gasteiger partial charge >= 0.3 is 0 Å². The number of amides is 3. The molecule has 0 bridgehead atoms. The van der Waals surface area contributed by atoms with Crippen LogP contribution in [0.25, 0.3) is 11.1 Å². The van der Waals surface area contributed by atoms with E-state index in [9.17, 15) is 14.4 Å². The van der Waals surface area contributed by atoms with E-state index in [0.717, 1.165) is 0 Å². The van der Waals surface area contributed by atoms with E-state index in [1.165, 1.54) is 13.3 Å². The number of rotatable bonds is 6. The summed E-state index contributed by atoms with van der Waals surface area (Å²) in [7, 11) is 1.48. The van der Waals surface area contributed by atoms with Crippen molar-refractivity contribution in [1.29, 1.82) is 0 Å². The van der Waals surface area contributed by atoms with Gasteiger partial charge in [0.1, 0.15) is 17.0 Å². The highest BCUT2D eigenvalue weighted by Crippen LogP contribution is 2.35. The molecular weight excluding hydrogens is 514 g/mol. The van der Waals surface area contributed by atoms with E-state index in [1.807, 2.05) is 4.90 Å². The zero-order chi connectivity index (χ0) is 26.6. The molecule has 1 aliphatic carbocycles. The summed E-state index contributed by atoms with van der Waals surface area (Å²) in [6.45, 7) is 2.34. The Kier molecular flexibility index (Phi) is 7.75. The molecule has 200 valence electrons. The number of hydrogen-bond donors (Lipinski definition) is 2. The Morgan fingerprint density at radius 2 is 1.76 bits per heavy atom. The van der Waals surface area contributed by atoms with Crippen LogP contribution in [0.4, 0.5) is 11.5 Å². The van der Waals surface area contributed by atoms with Crippen molar-refractivity contribution in [2.24, 2.45) is 11.8 Å². The predicted octanol–water partition coefficient (Wildman–Crippen LogP) is 3.74. The quantitative estimate of drug-likeness (QED) is 0.481. The lowest BCUT2D eigenvalue weighted by Crippen LogP contribution is -2.44. The minimum atomic E-state index is -0.605. The Morgan fingerprint density at radius 3 is 2.45 bits per heavy atom. The van der Waals surface area contributed by atoms with Crippen molar-refractivity contribution in [1.82, 2.24) is 14.9 Å². The Balaban J connectivity index is 1.32. The van der Waals surface area contributed by atoms with Gasteiger partial charge in [-0.1, -0.05) is 11.6 Å². The minimum Gasteiger partial charge on any atom is -0.481 e. The molecule has 1 saturated heterocycles. The van der Waals surface area contributed by atoms with Crippen LogP contribution in [0.5, 0.6) is 5.88 Å². The second kappa shape index (κ2) is 11.4. The van der Waals surface area contributed by atoms with Crippen LogP contribution in [-0.4, -0.2) is 66.0 Å². The first-order chi connectivity index (χ1) is 18.4. The van der Waals surface area contributed by atoms with Crippen LogP contribution in [0.15, 0.2) is 34.9 Å². The van der Waals surface area contributed by atoms with Gasteiger partial charge in [0.15, 0.2) is 5.58 Å². The highest BCUT2D eigenvalue weighted by molar-refractivity contribution is 6.30. The van der Waals surface area contributed by atoms with Crippen molar-refractivity contribution in [3.63, 3.8) is 0 Å². The summed E-state index contributed by atoms with van der Waals surface area (Å²) < 4.78 is 16.4. The maximum Gasteiger partial charge on any atom is 0.294 e. The summed E-state index contributed by atoms with van der Waals surface area (Å²) in [5.41, 5.74) is 0.764. The molecule has 3 amide bonds. The first-order valence-corrected chi connectivity index (χ1v) is 12.9. The molecule has 2 aliphatic rings. The smallest absolute Gasteiger partial charge is 0.294 e. The fourth-order valence-electron chi connectivity index (χ4n) is 4.84. The monoisotopic (exact) mass is 541 g/mol. The van der Waals surface area contributed by atoms with Crippen molar-refractivity contribution in [3.05, 3.63) is 41.2 Å². The van der Waals surface area contributed by atoms with Crippen LogP contribution in [0, 0.1) is 11.8 Å². The topological polar surface area (TPSA) is 136 Å². The number of halogens is 1. The normalized spacial score (nSPS) is 19.7. The average molecular weight is 542 g/mol. The molecule has 1 aliphatic heterocycles. The molecule has 4 heterocycles. The van der Waals surface area contributed by atoms with Crippen LogP contribution >= 0.6 is 11.6 Å². The van der Waals surface area contributed by atoms with Gasteiger partial charge < -0.3 is 29.4 Å². The van der Waals surface area contributed by atoms with Crippen LogP contribution in [0.2, 0.25) is 5.02 Å². The summed E-state index contributed by atoms with van der Waals surface area (Å²) in [6, 6.07) is 6.38. The van der Waals surface area contributed by atoms with Gasteiger partial charge in [-0.3, -0.25) is 14.4 Å². The maximum absolute atomic E-state index is 13.3. The van der Waals surface area contributed by atoms with Gasteiger partial charge in [-0.2, -0.15) is 0 Å². The van der Waals surface area contributed by atoms with Gasteiger partial charge in [-0.15, -0.1) is 0 Å². The number of nitrogens with one attached hydrogen (secondary N) is 2. The Bertz CT molecular complexity index is 1330. The molecule has 11 nitrogen and oxygen atoms in total. The van der Waals surface area contributed by atoms with Gasteiger partial charge in [0, 0.05) is 37.2 Å². The number of anilines is 2. The highest BCUT2D eigenvalue weighted by Gasteiger charge is 2.34. The molecular formula is C26H28ClN5O6. The van der Waals surface area contributed by atoms with E-state index in [0.29, 0.717) is 74.0 Å². The number of furan rings is 1. The molecule has 0 atom stereocenters. The summed E-state index contributed by atoms with van der Waals surface area (Å²) >= 11 is 5.88. The lowest BCUT2D eigenvalue weighted by Gasteiger charge is -2.33. The second-order valence-electron chi connectivity index (χ2n) is 9.30. The number of aromatic nitrogens is 2. The molecule has 0 spiro atoms. The van der Waals surface area contributed by atoms with Crippen LogP contribution in [0.1, 0.15) is 36.2 Å². The summed E-state index contributed by atoms with van der Waals surface area (Å²) in [5, 5.41) is 5.95. The fourth-order valence-corrected chi connectivity index (χ4v) is 4.95.